The van der Waals surface area contributed by atoms with Gasteiger partial charge in [-0.25, -0.2) is 14.1 Å². The first-order chi connectivity index (χ1) is 13.9. The van der Waals surface area contributed by atoms with E-state index in [1.54, 1.807) is 29.1 Å². The largest absolute Gasteiger partial charge is 0.350 e. The summed E-state index contributed by atoms with van der Waals surface area (Å²) >= 11 is 0. The Morgan fingerprint density at radius 3 is 2.55 bits per heavy atom. The summed E-state index contributed by atoms with van der Waals surface area (Å²) in [7, 11) is 0. The predicted octanol–water partition coefficient (Wildman–Crippen LogP) is 4.67. The lowest BCUT2D eigenvalue weighted by molar-refractivity contribution is 0.0944. The summed E-state index contributed by atoms with van der Waals surface area (Å²) in [5.41, 5.74) is 4.42. The van der Waals surface area contributed by atoms with Gasteiger partial charge in [-0.3, -0.25) is 4.79 Å². The Hall–Kier alpha value is -3.54. The number of hydrogen-bond donors (Lipinski definition) is 1. The van der Waals surface area contributed by atoms with Crippen LogP contribution < -0.4 is 5.32 Å². The van der Waals surface area contributed by atoms with Crippen molar-refractivity contribution in [1.29, 1.82) is 0 Å². The molecule has 2 aromatic heterocycles. The molecule has 0 saturated heterocycles. The number of carbonyl (C=O) groups is 1. The van der Waals surface area contributed by atoms with Gasteiger partial charge in [0.05, 0.1) is 34.4 Å². The standard InChI is InChI=1S/C23H21FN4O/c1-14(2)26-23(29)19-12-22(27-21-7-5-4-6-18(19)21)20-13-25-28(15(20)3)17-10-8-16(24)9-11-17/h4-14H,1-3H3,(H,26,29). The molecule has 6 heteroatoms. The van der Waals surface area contributed by atoms with Gasteiger partial charge in [-0.2, -0.15) is 5.10 Å². The lowest BCUT2D eigenvalue weighted by Gasteiger charge is -2.12. The van der Waals surface area contributed by atoms with Crippen LogP contribution in [-0.4, -0.2) is 26.7 Å². The first-order valence-corrected chi connectivity index (χ1v) is 9.45. The molecule has 0 aliphatic heterocycles. The summed E-state index contributed by atoms with van der Waals surface area (Å²) in [6.45, 7) is 5.79. The Morgan fingerprint density at radius 2 is 1.83 bits per heavy atom. The van der Waals surface area contributed by atoms with Crippen LogP contribution in [0.5, 0.6) is 0 Å². The molecule has 5 nitrogen and oxygen atoms in total. The summed E-state index contributed by atoms with van der Waals surface area (Å²) < 4.78 is 15.0. The third kappa shape index (κ3) is 3.61. The topological polar surface area (TPSA) is 59.8 Å². The van der Waals surface area contributed by atoms with Gasteiger partial charge in [0.15, 0.2) is 0 Å². The number of fused-ring (bicyclic) bond motifs is 1. The van der Waals surface area contributed by atoms with Crippen LogP contribution in [-0.2, 0) is 0 Å². The third-order valence-corrected chi connectivity index (χ3v) is 4.74. The van der Waals surface area contributed by atoms with Crippen LogP contribution in [0.1, 0.15) is 29.9 Å². The van der Waals surface area contributed by atoms with Crippen molar-refractivity contribution in [2.24, 2.45) is 0 Å². The Morgan fingerprint density at radius 1 is 1.10 bits per heavy atom. The van der Waals surface area contributed by atoms with Gasteiger partial charge >= 0.3 is 0 Å². The monoisotopic (exact) mass is 388 g/mol. The second-order valence-electron chi connectivity index (χ2n) is 7.23. The van der Waals surface area contributed by atoms with E-state index in [-0.39, 0.29) is 17.8 Å². The predicted molar refractivity (Wildman–Crippen MR) is 112 cm³/mol. The smallest absolute Gasteiger partial charge is 0.252 e. The first-order valence-electron chi connectivity index (χ1n) is 9.45. The van der Waals surface area contributed by atoms with Crippen molar-refractivity contribution < 1.29 is 9.18 Å². The van der Waals surface area contributed by atoms with Gasteiger partial charge in [-0.1, -0.05) is 18.2 Å². The van der Waals surface area contributed by atoms with E-state index in [2.05, 4.69) is 10.4 Å². The van der Waals surface area contributed by atoms with Crippen molar-refractivity contribution in [3.05, 3.63) is 77.9 Å². The molecule has 1 amide bonds. The Labute approximate surface area is 168 Å². The zero-order valence-corrected chi connectivity index (χ0v) is 16.5. The van der Waals surface area contributed by atoms with Crippen molar-refractivity contribution in [2.45, 2.75) is 26.8 Å². The van der Waals surface area contributed by atoms with Gasteiger partial charge in [0.25, 0.3) is 5.91 Å². The molecular formula is C23H21FN4O. The average Bonchev–Trinajstić information content (AvgIpc) is 3.08. The number of aromatic nitrogens is 3. The van der Waals surface area contributed by atoms with Crippen molar-refractivity contribution in [1.82, 2.24) is 20.1 Å². The Kier molecular flexibility index (Phi) is 4.84. The molecule has 0 aliphatic rings. The zero-order chi connectivity index (χ0) is 20.5. The van der Waals surface area contributed by atoms with Crippen molar-refractivity contribution in [3.8, 4) is 16.9 Å². The van der Waals surface area contributed by atoms with Crippen LogP contribution in [0.15, 0.2) is 60.8 Å². The number of nitrogens with one attached hydrogen (secondary N) is 1. The molecule has 0 saturated carbocycles. The van der Waals surface area contributed by atoms with Crippen LogP contribution in [0.4, 0.5) is 4.39 Å². The molecule has 4 aromatic rings. The number of carbonyl (C=O) groups excluding carboxylic acids is 1. The molecule has 2 aromatic carbocycles. The van der Waals surface area contributed by atoms with Crippen molar-refractivity contribution in [2.75, 3.05) is 0 Å². The van der Waals surface area contributed by atoms with E-state index in [9.17, 15) is 9.18 Å². The molecule has 0 radical (unpaired) electrons. The van der Waals surface area contributed by atoms with Crippen LogP contribution >= 0.6 is 0 Å². The second kappa shape index (κ2) is 7.47. The molecule has 2 heterocycles. The number of halogens is 1. The molecule has 29 heavy (non-hydrogen) atoms. The van der Waals surface area contributed by atoms with Crippen LogP contribution in [0.25, 0.3) is 27.8 Å². The number of nitrogens with zero attached hydrogens (tertiary/aromatic N) is 3. The maximum atomic E-state index is 13.3. The van der Waals surface area contributed by atoms with Gasteiger partial charge in [0.2, 0.25) is 0 Å². The number of amides is 1. The molecule has 146 valence electrons. The summed E-state index contributed by atoms with van der Waals surface area (Å²) in [5, 5.41) is 8.21. The number of rotatable bonds is 4. The molecule has 1 N–H and O–H groups in total. The van der Waals surface area contributed by atoms with Crippen molar-refractivity contribution in [3.63, 3.8) is 0 Å². The zero-order valence-electron chi connectivity index (χ0n) is 16.5. The molecule has 0 fully saturated rings. The van der Waals surface area contributed by atoms with Gasteiger partial charge < -0.3 is 5.32 Å². The molecule has 0 spiro atoms. The lowest BCUT2D eigenvalue weighted by Crippen LogP contribution is -2.30. The summed E-state index contributed by atoms with van der Waals surface area (Å²) in [6, 6.07) is 15.6. The van der Waals surface area contributed by atoms with E-state index in [0.717, 1.165) is 27.8 Å². The minimum absolute atomic E-state index is 0.0286. The highest BCUT2D eigenvalue weighted by Gasteiger charge is 2.17. The molecule has 0 bridgehead atoms. The van der Waals surface area contributed by atoms with Gasteiger partial charge in [-0.05, 0) is 57.2 Å². The molecule has 0 aliphatic carbocycles. The molecule has 4 rings (SSSR count). The highest BCUT2D eigenvalue weighted by Crippen LogP contribution is 2.28. The van der Waals surface area contributed by atoms with Gasteiger partial charge in [0, 0.05) is 17.0 Å². The highest BCUT2D eigenvalue weighted by atomic mass is 19.1. The summed E-state index contributed by atoms with van der Waals surface area (Å²) in [4.78, 5) is 17.6. The number of benzene rings is 2. The van der Waals surface area contributed by atoms with Crippen LogP contribution in [0.3, 0.4) is 0 Å². The fourth-order valence-corrected chi connectivity index (χ4v) is 3.34. The average molecular weight is 388 g/mol. The maximum absolute atomic E-state index is 13.3. The van der Waals surface area contributed by atoms with E-state index in [0.29, 0.717) is 11.3 Å². The number of hydrogen-bond acceptors (Lipinski definition) is 3. The van der Waals surface area contributed by atoms with Gasteiger partial charge in [0.1, 0.15) is 5.82 Å². The molecular weight excluding hydrogens is 367 g/mol. The number of para-hydroxylation sites is 1. The van der Waals surface area contributed by atoms with Crippen molar-refractivity contribution >= 4 is 16.8 Å². The normalized spacial score (nSPS) is 11.2. The Balaban J connectivity index is 1.84. The maximum Gasteiger partial charge on any atom is 0.252 e. The SMILES string of the molecule is Cc1c(-c2cc(C(=O)NC(C)C)c3ccccc3n2)cnn1-c1ccc(F)cc1. The lowest BCUT2D eigenvalue weighted by atomic mass is 10.0. The van der Waals surface area contributed by atoms with E-state index >= 15 is 0 Å². The van der Waals surface area contributed by atoms with Crippen LogP contribution in [0.2, 0.25) is 0 Å². The second-order valence-corrected chi connectivity index (χ2v) is 7.23. The van der Waals surface area contributed by atoms with Gasteiger partial charge in [-0.15, -0.1) is 0 Å². The summed E-state index contributed by atoms with van der Waals surface area (Å²) in [5.74, 6) is -0.431. The van der Waals surface area contributed by atoms with E-state index in [4.69, 9.17) is 4.98 Å². The fraction of sp³-hybridized carbons (Fsp3) is 0.174. The number of pyridine rings is 1. The highest BCUT2D eigenvalue weighted by molar-refractivity contribution is 6.07. The third-order valence-electron chi connectivity index (χ3n) is 4.74. The minimum Gasteiger partial charge on any atom is -0.350 e. The minimum atomic E-state index is -0.296. The Bertz CT molecular complexity index is 1200. The van der Waals surface area contributed by atoms with E-state index in [1.807, 2.05) is 45.0 Å². The van der Waals surface area contributed by atoms with E-state index in [1.165, 1.54) is 12.1 Å². The van der Waals surface area contributed by atoms with Crippen LogP contribution in [0, 0.1) is 12.7 Å². The quantitative estimate of drug-likeness (QED) is 0.553. The first kappa shape index (κ1) is 18.8. The summed E-state index contributed by atoms with van der Waals surface area (Å²) in [6.07, 6.45) is 1.72. The fourth-order valence-electron chi connectivity index (χ4n) is 3.34. The molecule has 0 unspecified atom stereocenters. The molecule has 0 atom stereocenters. The van der Waals surface area contributed by atoms with E-state index < -0.39 is 0 Å².